The maximum atomic E-state index is 11.6. The molecule has 1 atom stereocenters. The first-order valence-corrected chi connectivity index (χ1v) is 5.20. The molecule has 1 aromatic carbocycles. The van der Waals surface area contributed by atoms with Crippen LogP contribution in [0.5, 0.6) is 5.75 Å². The second kappa shape index (κ2) is 5.51. The Labute approximate surface area is 95.3 Å². The van der Waals surface area contributed by atoms with Gasteiger partial charge in [0, 0.05) is 6.04 Å². The Morgan fingerprint density at radius 3 is 2.69 bits per heavy atom. The molecule has 4 nitrogen and oxygen atoms in total. The molecule has 0 heterocycles. The van der Waals surface area contributed by atoms with Crippen LogP contribution in [0.1, 0.15) is 35.8 Å². The lowest BCUT2D eigenvalue weighted by molar-refractivity contribution is 0.0522. The highest BCUT2D eigenvalue weighted by atomic mass is 16.5. The largest absolute Gasteiger partial charge is 0.496 e. The number of carbonyl (C=O) groups excluding carboxylic acids is 1. The molecule has 0 bridgehead atoms. The number of benzene rings is 1. The van der Waals surface area contributed by atoms with Crippen molar-refractivity contribution in [2.75, 3.05) is 13.7 Å². The van der Waals surface area contributed by atoms with E-state index in [1.54, 1.807) is 25.1 Å². The van der Waals surface area contributed by atoms with Crippen LogP contribution in [0.25, 0.3) is 0 Å². The van der Waals surface area contributed by atoms with E-state index in [4.69, 9.17) is 15.2 Å². The fourth-order valence-electron chi connectivity index (χ4n) is 1.37. The van der Waals surface area contributed by atoms with E-state index in [-0.39, 0.29) is 12.0 Å². The molecule has 1 rings (SSSR count). The topological polar surface area (TPSA) is 61.5 Å². The molecule has 0 saturated heterocycles. The lowest BCUT2D eigenvalue weighted by Crippen LogP contribution is -2.09. The second-order valence-electron chi connectivity index (χ2n) is 3.47. The molecule has 0 saturated carbocycles. The van der Waals surface area contributed by atoms with Gasteiger partial charge < -0.3 is 15.2 Å². The average Bonchev–Trinajstić information content (AvgIpc) is 2.28. The van der Waals surface area contributed by atoms with Crippen molar-refractivity contribution < 1.29 is 14.3 Å². The minimum absolute atomic E-state index is 0.0925. The number of rotatable bonds is 4. The fourth-order valence-corrected chi connectivity index (χ4v) is 1.37. The molecule has 0 aliphatic rings. The quantitative estimate of drug-likeness (QED) is 0.792. The average molecular weight is 223 g/mol. The third-order valence-corrected chi connectivity index (χ3v) is 2.25. The number of nitrogens with two attached hydrogens (primary N) is 1. The zero-order valence-corrected chi connectivity index (χ0v) is 9.82. The molecule has 4 heteroatoms. The minimum Gasteiger partial charge on any atom is -0.496 e. The number of hydrogen-bond donors (Lipinski definition) is 1. The van der Waals surface area contributed by atoms with Crippen molar-refractivity contribution >= 4 is 5.97 Å². The van der Waals surface area contributed by atoms with Crippen LogP contribution >= 0.6 is 0 Å². The lowest BCUT2D eigenvalue weighted by atomic mass is 10.1. The first-order chi connectivity index (χ1) is 7.60. The highest BCUT2D eigenvalue weighted by Gasteiger charge is 2.14. The fraction of sp³-hybridized carbons (Fsp3) is 0.417. The Hall–Kier alpha value is -1.55. The summed E-state index contributed by atoms with van der Waals surface area (Å²) in [5.74, 6) is 0.115. The molecule has 16 heavy (non-hydrogen) atoms. The van der Waals surface area contributed by atoms with Gasteiger partial charge in [0.05, 0.1) is 13.7 Å². The summed E-state index contributed by atoms with van der Waals surface area (Å²) in [6, 6.07) is 5.15. The Morgan fingerprint density at radius 1 is 1.50 bits per heavy atom. The summed E-state index contributed by atoms with van der Waals surface area (Å²) < 4.78 is 10.1. The first-order valence-electron chi connectivity index (χ1n) is 5.20. The van der Waals surface area contributed by atoms with E-state index in [9.17, 15) is 4.79 Å². The molecule has 0 spiro atoms. The van der Waals surface area contributed by atoms with Gasteiger partial charge in [-0.3, -0.25) is 0 Å². The zero-order chi connectivity index (χ0) is 12.1. The predicted molar refractivity (Wildman–Crippen MR) is 61.6 cm³/mol. The van der Waals surface area contributed by atoms with Crippen molar-refractivity contribution in [3.05, 3.63) is 29.3 Å². The van der Waals surface area contributed by atoms with Crippen LogP contribution < -0.4 is 10.5 Å². The van der Waals surface area contributed by atoms with Crippen LogP contribution in [-0.4, -0.2) is 19.7 Å². The third kappa shape index (κ3) is 2.73. The highest BCUT2D eigenvalue weighted by Crippen LogP contribution is 2.23. The Morgan fingerprint density at radius 2 is 2.19 bits per heavy atom. The number of methoxy groups -OCH3 is 1. The van der Waals surface area contributed by atoms with Crippen LogP contribution in [0.2, 0.25) is 0 Å². The van der Waals surface area contributed by atoms with E-state index in [1.165, 1.54) is 7.11 Å². The number of ether oxygens (including phenoxy) is 2. The maximum Gasteiger partial charge on any atom is 0.341 e. The molecule has 1 aromatic rings. The molecule has 0 radical (unpaired) electrons. The first kappa shape index (κ1) is 12.5. The van der Waals surface area contributed by atoms with Gasteiger partial charge in [-0.25, -0.2) is 4.79 Å². The van der Waals surface area contributed by atoms with Gasteiger partial charge in [-0.15, -0.1) is 0 Å². The van der Waals surface area contributed by atoms with Gasteiger partial charge >= 0.3 is 5.97 Å². The van der Waals surface area contributed by atoms with Gasteiger partial charge in [0.2, 0.25) is 0 Å². The van der Waals surface area contributed by atoms with Crippen LogP contribution in [0, 0.1) is 0 Å². The van der Waals surface area contributed by atoms with Crippen LogP contribution in [0.4, 0.5) is 0 Å². The van der Waals surface area contributed by atoms with Crippen molar-refractivity contribution in [3.8, 4) is 5.75 Å². The monoisotopic (exact) mass is 223 g/mol. The lowest BCUT2D eigenvalue weighted by Gasteiger charge is -2.11. The van der Waals surface area contributed by atoms with Gasteiger partial charge in [0.15, 0.2) is 0 Å². The van der Waals surface area contributed by atoms with Gasteiger partial charge in [-0.1, -0.05) is 6.07 Å². The second-order valence-corrected chi connectivity index (χ2v) is 3.47. The Balaban J connectivity index is 3.06. The normalized spacial score (nSPS) is 12.0. The number of carbonyl (C=O) groups is 1. The van der Waals surface area contributed by atoms with Crippen molar-refractivity contribution in [1.82, 2.24) is 0 Å². The van der Waals surface area contributed by atoms with E-state index in [0.717, 1.165) is 5.56 Å². The predicted octanol–water partition coefficient (Wildman–Crippen LogP) is 1.89. The maximum absolute atomic E-state index is 11.6. The molecule has 2 N–H and O–H groups in total. The minimum atomic E-state index is -0.379. The number of hydrogen-bond acceptors (Lipinski definition) is 4. The van der Waals surface area contributed by atoms with Gasteiger partial charge in [-0.05, 0) is 31.5 Å². The van der Waals surface area contributed by atoms with E-state index in [1.807, 2.05) is 6.92 Å². The van der Waals surface area contributed by atoms with E-state index in [2.05, 4.69) is 0 Å². The van der Waals surface area contributed by atoms with Gasteiger partial charge in [0.1, 0.15) is 11.3 Å². The molecule has 0 aliphatic carbocycles. The van der Waals surface area contributed by atoms with Crippen LogP contribution in [-0.2, 0) is 4.74 Å². The van der Waals surface area contributed by atoms with E-state index in [0.29, 0.717) is 17.9 Å². The van der Waals surface area contributed by atoms with Crippen LogP contribution in [0.15, 0.2) is 18.2 Å². The smallest absolute Gasteiger partial charge is 0.341 e. The summed E-state index contributed by atoms with van der Waals surface area (Å²) in [6.45, 7) is 3.98. The van der Waals surface area contributed by atoms with Crippen molar-refractivity contribution in [1.29, 1.82) is 0 Å². The van der Waals surface area contributed by atoms with Gasteiger partial charge in [-0.2, -0.15) is 0 Å². The molecule has 0 amide bonds. The Bertz CT molecular complexity index is 375. The highest BCUT2D eigenvalue weighted by molar-refractivity contribution is 5.92. The zero-order valence-electron chi connectivity index (χ0n) is 9.82. The molecule has 0 unspecified atom stereocenters. The Kier molecular flexibility index (Phi) is 4.31. The molecule has 0 aromatic heterocycles. The molecular weight excluding hydrogens is 206 g/mol. The van der Waals surface area contributed by atoms with Crippen molar-refractivity contribution in [2.24, 2.45) is 5.73 Å². The third-order valence-electron chi connectivity index (χ3n) is 2.25. The SMILES string of the molecule is CCOC(=O)c1ccc([C@H](C)N)cc1OC. The molecular formula is C12H17NO3. The van der Waals surface area contributed by atoms with Crippen molar-refractivity contribution in [3.63, 3.8) is 0 Å². The van der Waals surface area contributed by atoms with Gasteiger partial charge in [0.25, 0.3) is 0 Å². The molecule has 88 valence electrons. The molecule has 0 aliphatic heterocycles. The summed E-state index contributed by atoms with van der Waals surface area (Å²) >= 11 is 0. The van der Waals surface area contributed by atoms with Crippen molar-refractivity contribution in [2.45, 2.75) is 19.9 Å². The summed E-state index contributed by atoms with van der Waals surface area (Å²) in [7, 11) is 1.52. The molecule has 0 fully saturated rings. The van der Waals surface area contributed by atoms with E-state index >= 15 is 0 Å². The van der Waals surface area contributed by atoms with E-state index < -0.39 is 0 Å². The summed E-state index contributed by atoms with van der Waals surface area (Å²) in [5, 5.41) is 0. The summed E-state index contributed by atoms with van der Waals surface area (Å²) in [6.07, 6.45) is 0. The number of esters is 1. The van der Waals surface area contributed by atoms with Crippen LogP contribution in [0.3, 0.4) is 0 Å². The summed E-state index contributed by atoms with van der Waals surface area (Å²) in [4.78, 5) is 11.6. The summed E-state index contributed by atoms with van der Waals surface area (Å²) in [5.41, 5.74) is 7.10. The standard InChI is InChI=1S/C12H17NO3/c1-4-16-12(14)10-6-5-9(8(2)13)7-11(10)15-3/h5-8H,4,13H2,1-3H3/t8-/m0/s1.